The van der Waals surface area contributed by atoms with E-state index >= 15 is 0 Å². The number of amides is 1. The van der Waals surface area contributed by atoms with Gasteiger partial charge in [0, 0.05) is 0 Å². The summed E-state index contributed by atoms with van der Waals surface area (Å²) in [7, 11) is 0. The van der Waals surface area contributed by atoms with E-state index < -0.39 is 17.9 Å². The van der Waals surface area contributed by atoms with Gasteiger partial charge < -0.3 is 21.3 Å². The number of carbonyl (C=O) groups is 2. The molecule has 0 aliphatic heterocycles. The van der Waals surface area contributed by atoms with Crippen LogP contribution in [0.3, 0.4) is 0 Å². The van der Waals surface area contributed by atoms with E-state index in [0.717, 1.165) is 0 Å². The van der Waals surface area contributed by atoms with E-state index in [4.69, 9.17) is 10.8 Å². The third kappa shape index (κ3) is 4.44. The molecule has 56 valence electrons. The summed E-state index contributed by atoms with van der Waals surface area (Å²) in [6.45, 7) is 0. The molecule has 0 aromatic rings. The number of aliphatic carboxylic acids is 1. The number of primary amides is 1. The Balaban J connectivity index is 3.95. The van der Waals surface area contributed by atoms with Gasteiger partial charge in [0.05, 0.1) is 6.08 Å². The van der Waals surface area contributed by atoms with Gasteiger partial charge in [-0.2, -0.15) is 0 Å². The molecule has 0 spiro atoms. The lowest BCUT2D eigenvalue weighted by atomic mass is 10.6. The molecule has 0 saturated heterocycles. The molecule has 0 fully saturated rings. The van der Waals surface area contributed by atoms with E-state index in [1.807, 2.05) is 0 Å². The number of carboxylic acids is 1. The Bertz CT molecular complexity index is 186. The van der Waals surface area contributed by atoms with Gasteiger partial charge in [0.15, 0.2) is 0 Å². The zero-order valence-electron chi connectivity index (χ0n) is 4.90. The van der Waals surface area contributed by atoms with Crippen LogP contribution in [0.25, 0.3) is 0 Å². The smallest absolute Gasteiger partial charge is 0.411 e. The monoisotopic (exact) mass is 146 g/mol. The fourth-order valence-corrected chi connectivity index (χ4v) is 0.267. The number of hydrogen-bond acceptors (Lipinski definition) is 4. The highest BCUT2D eigenvalue weighted by molar-refractivity contribution is 5.80. The maximum Gasteiger partial charge on any atom is 0.411 e. The second kappa shape index (κ2) is 3.33. The highest BCUT2D eigenvalue weighted by atomic mass is 16.6. The molecule has 0 aliphatic carbocycles. The first-order chi connectivity index (χ1) is 4.52. The Hall–Kier alpha value is -1.72. The summed E-state index contributed by atoms with van der Waals surface area (Å²) in [4.78, 5) is 19.7. The van der Waals surface area contributed by atoms with Crippen molar-refractivity contribution in [1.82, 2.24) is 0 Å². The molecular formula is C4H6N2O4. The van der Waals surface area contributed by atoms with Crippen LogP contribution in [0.1, 0.15) is 0 Å². The van der Waals surface area contributed by atoms with Crippen molar-refractivity contribution in [2.75, 3.05) is 0 Å². The molecular weight excluding hydrogens is 140 g/mol. The van der Waals surface area contributed by atoms with Crippen molar-refractivity contribution in [3.05, 3.63) is 12.0 Å². The summed E-state index contributed by atoms with van der Waals surface area (Å²) in [5.74, 6) is -1.85. The molecule has 5 N–H and O–H groups in total. The van der Waals surface area contributed by atoms with Crippen molar-refractivity contribution in [2.24, 2.45) is 11.5 Å². The van der Waals surface area contributed by atoms with Gasteiger partial charge in [-0.3, -0.25) is 0 Å². The Morgan fingerprint density at radius 1 is 1.40 bits per heavy atom. The van der Waals surface area contributed by atoms with Gasteiger partial charge in [-0.1, -0.05) is 0 Å². The highest BCUT2D eigenvalue weighted by Crippen LogP contribution is 1.85. The van der Waals surface area contributed by atoms with Gasteiger partial charge in [-0.05, 0) is 0 Å². The Kier molecular flexibility index (Phi) is 2.76. The quantitative estimate of drug-likeness (QED) is 0.340. The fourth-order valence-electron chi connectivity index (χ4n) is 0.267. The third-order valence-electron chi connectivity index (χ3n) is 0.484. The van der Waals surface area contributed by atoms with Crippen molar-refractivity contribution in [3.63, 3.8) is 0 Å². The topological polar surface area (TPSA) is 116 Å². The average molecular weight is 146 g/mol. The van der Waals surface area contributed by atoms with Gasteiger partial charge in [-0.25, -0.2) is 9.59 Å². The summed E-state index contributed by atoms with van der Waals surface area (Å²) < 4.78 is 3.96. The minimum Gasteiger partial charge on any atom is -0.478 e. The summed E-state index contributed by atoms with van der Waals surface area (Å²) in [6, 6.07) is 0. The minimum absolute atomic E-state index is 0.519. The fraction of sp³-hybridized carbons (Fsp3) is 0. The van der Waals surface area contributed by atoms with Crippen LogP contribution in [0.5, 0.6) is 0 Å². The lowest BCUT2D eigenvalue weighted by Gasteiger charge is -1.95. The van der Waals surface area contributed by atoms with E-state index in [0.29, 0.717) is 6.08 Å². The van der Waals surface area contributed by atoms with Crippen molar-refractivity contribution in [3.8, 4) is 0 Å². The standard InChI is InChI=1S/C4H6N2O4/c5-2(1-3(7)8)10-4(6)9/h1H,5H2,(H2,6,9)(H,7,8). The van der Waals surface area contributed by atoms with Crippen LogP contribution in [-0.2, 0) is 9.53 Å². The van der Waals surface area contributed by atoms with Crippen LogP contribution in [0, 0.1) is 0 Å². The van der Waals surface area contributed by atoms with Gasteiger partial charge in [-0.15, -0.1) is 0 Å². The van der Waals surface area contributed by atoms with Crippen molar-refractivity contribution in [2.45, 2.75) is 0 Å². The molecule has 0 saturated carbocycles. The highest BCUT2D eigenvalue weighted by Gasteiger charge is 1.98. The molecule has 0 rings (SSSR count). The number of rotatable bonds is 2. The SMILES string of the molecule is NC(=O)OC(N)=CC(=O)O. The number of carbonyl (C=O) groups excluding carboxylic acids is 1. The first-order valence-corrected chi connectivity index (χ1v) is 2.19. The van der Waals surface area contributed by atoms with Gasteiger partial charge >= 0.3 is 12.1 Å². The first-order valence-electron chi connectivity index (χ1n) is 2.19. The molecule has 0 aliphatic rings. The lowest BCUT2D eigenvalue weighted by molar-refractivity contribution is -0.131. The van der Waals surface area contributed by atoms with Crippen LogP contribution in [0.4, 0.5) is 4.79 Å². The van der Waals surface area contributed by atoms with E-state index in [1.165, 1.54) is 0 Å². The van der Waals surface area contributed by atoms with Crippen LogP contribution < -0.4 is 11.5 Å². The predicted octanol–water partition coefficient (Wildman–Crippen LogP) is -1.03. The van der Waals surface area contributed by atoms with Crippen molar-refractivity contribution in [1.29, 1.82) is 0 Å². The van der Waals surface area contributed by atoms with Crippen molar-refractivity contribution >= 4 is 12.1 Å². The Labute approximate surface area is 56.1 Å². The zero-order valence-corrected chi connectivity index (χ0v) is 4.90. The second-order valence-electron chi connectivity index (χ2n) is 1.31. The number of ether oxygens (including phenoxy) is 1. The number of hydrogen-bond donors (Lipinski definition) is 3. The minimum atomic E-state index is -1.31. The van der Waals surface area contributed by atoms with E-state index in [-0.39, 0.29) is 0 Å². The van der Waals surface area contributed by atoms with E-state index in [2.05, 4.69) is 10.5 Å². The largest absolute Gasteiger partial charge is 0.478 e. The van der Waals surface area contributed by atoms with Gasteiger partial charge in [0.25, 0.3) is 0 Å². The normalized spacial score (nSPS) is 10.6. The zero-order chi connectivity index (χ0) is 8.15. The maximum atomic E-state index is 9.88. The molecule has 0 aromatic carbocycles. The van der Waals surface area contributed by atoms with Crippen LogP contribution >= 0.6 is 0 Å². The van der Waals surface area contributed by atoms with Gasteiger partial charge in [0.1, 0.15) is 0 Å². The molecule has 0 aromatic heterocycles. The summed E-state index contributed by atoms with van der Waals surface area (Å²) in [5.41, 5.74) is 9.33. The summed E-state index contributed by atoms with van der Waals surface area (Å²) in [6.07, 6.45) is -0.625. The van der Waals surface area contributed by atoms with Crippen LogP contribution in [0.2, 0.25) is 0 Å². The number of nitrogens with two attached hydrogens (primary N) is 2. The third-order valence-corrected chi connectivity index (χ3v) is 0.484. The molecule has 10 heavy (non-hydrogen) atoms. The molecule has 6 heteroatoms. The molecule has 0 atom stereocenters. The molecule has 0 heterocycles. The summed E-state index contributed by atoms with van der Waals surface area (Å²) >= 11 is 0. The van der Waals surface area contributed by atoms with Crippen molar-refractivity contribution < 1.29 is 19.4 Å². The Morgan fingerprint density at radius 3 is 2.20 bits per heavy atom. The molecule has 0 unspecified atom stereocenters. The number of carboxylic acid groups (broad SMARTS) is 1. The second-order valence-corrected chi connectivity index (χ2v) is 1.31. The molecule has 6 nitrogen and oxygen atoms in total. The van der Waals surface area contributed by atoms with Crippen LogP contribution in [0.15, 0.2) is 12.0 Å². The van der Waals surface area contributed by atoms with Gasteiger partial charge in [0.2, 0.25) is 5.88 Å². The molecule has 0 radical (unpaired) electrons. The van der Waals surface area contributed by atoms with E-state index in [1.54, 1.807) is 0 Å². The molecule has 1 amide bonds. The predicted molar refractivity (Wildman–Crippen MR) is 30.6 cm³/mol. The average Bonchev–Trinajstić information content (AvgIpc) is 1.58. The first kappa shape index (κ1) is 8.28. The van der Waals surface area contributed by atoms with Crippen LogP contribution in [-0.4, -0.2) is 17.2 Å². The van der Waals surface area contributed by atoms with E-state index in [9.17, 15) is 9.59 Å². The summed E-state index contributed by atoms with van der Waals surface area (Å²) in [5, 5.41) is 8.01. The maximum absolute atomic E-state index is 9.88. The lowest BCUT2D eigenvalue weighted by Crippen LogP contribution is -2.17. The molecule has 0 bridgehead atoms. The Morgan fingerprint density at radius 2 is 1.90 bits per heavy atom.